The van der Waals surface area contributed by atoms with E-state index in [9.17, 15) is 18.8 Å². The van der Waals surface area contributed by atoms with Crippen LogP contribution in [-0.2, 0) is 9.53 Å². The van der Waals surface area contributed by atoms with Crippen LogP contribution in [0.5, 0.6) is 6.01 Å². The number of morpholine rings is 1. The largest absolute Gasteiger partial charge is 0.463 e. The number of nitrogens with zero attached hydrogens (tertiary/aromatic N) is 7. The minimum Gasteiger partial charge on any atom is -0.463 e. The summed E-state index contributed by atoms with van der Waals surface area (Å²) in [5, 5.41) is 10.5. The molecular formula is C34H31ClF3N7O3. The van der Waals surface area contributed by atoms with Crippen LogP contribution in [0.4, 0.5) is 19.0 Å². The van der Waals surface area contributed by atoms with E-state index in [1.807, 2.05) is 0 Å². The SMILES string of the molecule is C=C(F)C(=O)N1CCN(c2nc(OCCCN3CC4CC3CO4)nc3c(F)c(-c4cccc5ccc(F)c(Cl)c45)ncc23)C[C@@H]1CC#N. The van der Waals surface area contributed by atoms with Crippen LogP contribution < -0.4 is 9.64 Å². The number of fused-ring (bicyclic) bond motifs is 4. The van der Waals surface area contributed by atoms with E-state index >= 15 is 4.39 Å². The molecule has 3 aliphatic heterocycles. The number of anilines is 1. The number of carbonyl (C=O) groups excluding carboxylic acids is 1. The number of nitriles is 1. The molecular weight excluding hydrogens is 647 g/mol. The Hall–Kier alpha value is -4.51. The first-order valence-corrected chi connectivity index (χ1v) is 16.1. The summed E-state index contributed by atoms with van der Waals surface area (Å²) < 4.78 is 56.7. The Morgan fingerprint density at radius 1 is 1.19 bits per heavy atom. The van der Waals surface area contributed by atoms with Gasteiger partial charge in [-0.3, -0.25) is 14.7 Å². The minimum atomic E-state index is -1.11. The first-order chi connectivity index (χ1) is 23.2. The monoisotopic (exact) mass is 677 g/mol. The summed E-state index contributed by atoms with van der Waals surface area (Å²) >= 11 is 6.37. The molecule has 1 amide bonds. The average Bonchev–Trinajstić information content (AvgIpc) is 3.72. The first kappa shape index (κ1) is 32.1. The second kappa shape index (κ2) is 13.2. The van der Waals surface area contributed by atoms with Crippen LogP contribution in [0.1, 0.15) is 19.3 Å². The van der Waals surface area contributed by atoms with Crippen molar-refractivity contribution in [2.45, 2.75) is 37.5 Å². The van der Waals surface area contributed by atoms with Gasteiger partial charge in [0, 0.05) is 55.9 Å². The number of hydrogen-bond acceptors (Lipinski definition) is 9. The second-order valence-electron chi connectivity index (χ2n) is 12.2. The van der Waals surface area contributed by atoms with Crippen LogP contribution in [0.25, 0.3) is 32.9 Å². The third-order valence-electron chi connectivity index (χ3n) is 9.27. The van der Waals surface area contributed by atoms with E-state index in [0.717, 1.165) is 26.1 Å². The minimum absolute atomic E-state index is 0.0608. The highest BCUT2D eigenvalue weighted by atomic mass is 35.5. The lowest BCUT2D eigenvalue weighted by Gasteiger charge is -2.41. The fraction of sp³-hybridized carbons (Fsp3) is 0.382. The molecule has 48 heavy (non-hydrogen) atoms. The van der Waals surface area contributed by atoms with E-state index in [0.29, 0.717) is 23.2 Å². The van der Waals surface area contributed by atoms with Crippen LogP contribution in [0.2, 0.25) is 5.02 Å². The van der Waals surface area contributed by atoms with Crippen molar-refractivity contribution in [3.05, 3.63) is 65.6 Å². The molecule has 0 saturated carbocycles. The molecule has 0 spiro atoms. The third-order valence-corrected chi connectivity index (χ3v) is 9.64. The maximum atomic E-state index is 16.6. The van der Waals surface area contributed by atoms with Gasteiger partial charge in [0.2, 0.25) is 0 Å². The van der Waals surface area contributed by atoms with E-state index in [2.05, 4.69) is 32.5 Å². The predicted molar refractivity (Wildman–Crippen MR) is 173 cm³/mol. The molecule has 3 fully saturated rings. The summed E-state index contributed by atoms with van der Waals surface area (Å²) in [6.07, 6.45) is 3.37. The van der Waals surface area contributed by atoms with Gasteiger partial charge in [-0.15, -0.1) is 0 Å². The Morgan fingerprint density at radius 3 is 2.79 bits per heavy atom. The van der Waals surface area contributed by atoms with Crippen LogP contribution in [-0.4, -0.2) is 94.8 Å². The van der Waals surface area contributed by atoms with Crippen LogP contribution in [0.15, 0.2) is 48.9 Å². The molecule has 0 N–H and O–H groups in total. The van der Waals surface area contributed by atoms with Crippen molar-refractivity contribution in [1.29, 1.82) is 5.26 Å². The number of ether oxygens (including phenoxy) is 2. The fourth-order valence-electron chi connectivity index (χ4n) is 6.96. The van der Waals surface area contributed by atoms with E-state index in [-0.39, 0.29) is 77.8 Å². The zero-order chi connectivity index (χ0) is 33.5. The van der Waals surface area contributed by atoms with Gasteiger partial charge >= 0.3 is 6.01 Å². The highest BCUT2D eigenvalue weighted by molar-refractivity contribution is 6.36. The van der Waals surface area contributed by atoms with Crippen molar-refractivity contribution in [1.82, 2.24) is 24.8 Å². The van der Waals surface area contributed by atoms with Gasteiger partial charge < -0.3 is 19.3 Å². The number of piperazine rings is 1. The van der Waals surface area contributed by atoms with Crippen LogP contribution in [0.3, 0.4) is 0 Å². The number of rotatable bonds is 9. The topological polar surface area (TPSA) is 108 Å². The molecule has 3 atom stereocenters. The number of amides is 1. The molecule has 0 aliphatic carbocycles. The number of likely N-dealkylation sites (tertiary alicyclic amines) is 1. The van der Waals surface area contributed by atoms with Gasteiger partial charge in [-0.1, -0.05) is 42.4 Å². The summed E-state index contributed by atoms with van der Waals surface area (Å²) in [4.78, 5) is 31.5. The number of halogens is 4. The van der Waals surface area contributed by atoms with E-state index in [1.54, 1.807) is 29.2 Å². The van der Waals surface area contributed by atoms with Gasteiger partial charge in [-0.05, 0) is 24.3 Å². The molecule has 248 valence electrons. The predicted octanol–water partition coefficient (Wildman–Crippen LogP) is 5.43. The van der Waals surface area contributed by atoms with Gasteiger partial charge in [0.05, 0.1) is 48.3 Å². The number of pyridine rings is 1. The molecule has 5 heterocycles. The maximum absolute atomic E-state index is 16.6. The molecule has 0 radical (unpaired) electrons. The number of benzene rings is 2. The van der Waals surface area contributed by atoms with Crippen molar-refractivity contribution in [2.75, 3.05) is 50.8 Å². The van der Waals surface area contributed by atoms with Gasteiger partial charge in [-0.2, -0.15) is 15.2 Å². The van der Waals surface area contributed by atoms with Crippen molar-refractivity contribution in [3.63, 3.8) is 0 Å². The molecule has 14 heteroatoms. The highest BCUT2D eigenvalue weighted by Gasteiger charge is 2.38. The van der Waals surface area contributed by atoms with E-state index in [4.69, 9.17) is 21.1 Å². The zero-order valence-electron chi connectivity index (χ0n) is 25.8. The van der Waals surface area contributed by atoms with E-state index in [1.165, 1.54) is 17.2 Å². The molecule has 3 saturated heterocycles. The second-order valence-corrected chi connectivity index (χ2v) is 12.6. The summed E-state index contributed by atoms with van der Waals surface area (Å²) in [6, 6.07) is 9.61. The molecule has 2 aromatic heterocycles. The van der Waals surface area contributed by atoms with Crippen LogP contribution in [0, 0.1) is 23.0 Å². The quantitative estimate of drug-likeness (QED) is 0.169. The molecule has 10 nitrogen and oxygen atoms in total. The summed E-state index contributed by atoms with van der Waals surface area (Å²) in [5.41, 5.74) is 0.128. The van der Waals surface area contributed by atoms with Crippen molar-refractivity contribution in [2.24, 2.45) is 0 Å². The molecule has 7 rings (SSSR count). The Kier molecular flexibility index (Phi) is 8.80. The average molecular weight is 678 g/mol. The number of aromatic nitrogens is 3. The highest BCUT2D eigenvalue weighted by Crippen LogP contribution is 2.38. The lowest BCUT2D eigenvalue weighted by atomic mass is 10.0. The Morgan fingerprint density at radius 2 is 2.04 bits per heavy atom. The summed E-state index contributed by atoms with van der Waals surface area (Å²) in [7, 11) is 0. The molecule has 2 aromatic carbocycles. The molecule has 2 bridgehead atoms. The summed E-state index contributed by atoms with van der Waals surface area (Å²) in [6.45, 7) is 6.20. The fourth-order valence-corrected chi connectivity index (χ4v) is 7.23. The number of hydrogen-bond donors (Lipinski definition) is 0. The normalized spacial score (nSPS) is 20.9. The standard InChI is InChI=1S/C34H31ClF3N7O3/c1-19(36)33(46)45-12-11-44(16-21(45)8-9-39)32-25-15-40-30(24-5-2-4-20-6-7-26(37)28(35)27(20)24)29(38)31(25)41-34(42-32)47-13-3-10-43-17-23-14-22(43)18-48-23/h2,4-7,15,21-23H,1,3,8,10-14,16-18H2/t21-,22?,23?/m0/s1. The van der Waals surface area contributed by atoms with Gasteiger partial charge in [0.15, 0.2) is 11.6 Å². The third kappa shape index (κ3) is 5.89. The molecule has 2 unspecified atom stereocenters. The van der Waals surface area contributed by atoms with Gasteiger partial charge in [-0.25, -0.2) is 13.2 Å². The first-order valence-electron chi connectivity index (χ1n) is 15.7. The van der Waals surface area contributed by atoms with Gasteiger partial charge in [0.25, 0.3) is 5.91 Å². The van der Waals surface area contributed by atoms with Gasteiger partial charge in [0.1, 0.15) is 22.8 Å². The van der Waals surface area contributed by atoms with E-state index < -0.39 is 29.4 Å². The summed E-state index contributed by atoms with van der Waals surface area (Å²) in [5.74, 6) is -3.13. The smallest absolute Gasteiger partial charge is 0.319 e. The maximum Gasteiger partial charge on any atom is 0.319 e. The Balaban J connectivity index is 1.25. The molecule has 3 aliphatic rings. The lowest BCUT2D eigenvalue weighted by Crippen LogP contribution is -2.55. The Bertz CT molecular complexity index is 1970. The van der Waals surface area contributed by atoms with Crippen molar-refractivity contribution in [3.8, 4) is 23.3 Å². The Labute approximate surface area is 279 Å². The lowest BCUT2D eigenvalue weighted by molar-refractivity contribution is -0.131. The van der Waals surface area contributed by atoms with Crippen LogP contribution >= 0.6 is 11.6 Å². The zero-order valence-corrected chi connectivity index (χ0v) is 26.6. The molecule has 4 aromatic rings. The van der Waals surface area contributed by atoms with Crippen molar-refractivity contribution >= 4 is 45.0 Å². The number of carbonyl (C=O) groups is 1. The van der Waals surface area contributed by atoms with Crippen molar-refractivity contribution < 1.29 is 27.4 Å².